The van der Waals surface area contributed by atoms with E-state index >= 15 is 0 Å². The molecule has 0 saturated carbocycles. The Morgan fingerprint density at radius 2 is 1.95 bits per heavy atom. The molecule has 21 heavy (non-hydrogen) atoms. The maximum absolute atomic E-state index is 11.9. The Kier molecular flexibility index (Phi) is 6.05. The Balaban J connectivity index is 1.98. The highest BCUT2D eigenvalue weighted by Gasteiger charge is 2.27. The zero-order chi connectivity index (χ0) is 15.1. The van der Waals surface area contributed by atoms with Gasteiger partial charge in [0, 0.05) is 11.9 Å². The highest BCUT2D eigenvalue weighted by molar-refractivity contribution is 9.12. The lowest BCUT2D eigenvalue weighted by Gasteiger charge is -2.01. The second-order valence-electron chi connectivity index (χ2n) is 5.01. The fourth-order valence-electron chi connectivity index (χ4n) is 2.16. The van der Waals surface area contributed by atoms with E-state index in [9.17, 15) is 4.79 Å². The van der Waals surface area contributed by atoms with Crippen LogP contribution in [0, 0.1) is 0 Å². The van der Waals surface area contributed by atoms with Gasteiger partial charge in [0.25, 0.3) is 0 Å². The zero-order valence-corrected chi connectivity index (χ0v) is 13.8. The third kappa shape index (κ3) is 4.46. The van der Waals surface area contributed by atoms with Crippen molar-refractivity contribution in [2.24, 2.45) is 0 Å². The van der Waals surface area contributed by atoms with E-state index in [0.29, 0.717) is 5.76 Å². The maximum atomic E-state index is 11.9. The van der Waals surface area contributed by atoms with Crippen molar-refractivity contribution < 1.29 is 9.53 Å². The molecule has 112 valence electrons. The molecular formula is C17H20BrNO2. The fourth-order valence-corrected chi connectivity index (χ4v) is 2.72. The van der Waals surface area contributed by atoms with Gasteiger partial charge in [-0.3, -0.25) is 0 Å². The molecule has 0 amide bonds. The number of nitrogens with one attached hydrogen (secondary N) is 1. The van der Waals surface area contributed by atoms with Crippen molar-refractivity contribution >= 4 is 27.6 Å². The standard InChI is InChI=1S/C17H20BrNO2/c1-2-3-4-8-11-14-16(18)15(21-17(14)20)12-19-13-9-6-5-7-10-13/h5-7,9-10,12,19H,2-4,8,11H2,1H3/b15-12+. The summed E-state index contributed by atoms with van der Waals surface area (Å²) < 4.78 is 6.07. The summed E-state index contributed by atoms with van der Waals surface area (Å²) in [6.07, 6.45) is 7.05. The molecule has 0 bridgehead atoms. The van der Waals surface area contributed by atoms with Crippen LogP contribution in [0.3, 0.4) is 0 Å². The van der Waals surface area contributed by atoms with Crippen molar-refractivity contribution in [2.45, 2.75) is 39.0 Å². The number of unbranched alkanes of at least 4 members (excludes halogenated alkanes) is 3. The first-order valence-electron chi connectivity index (χ1n) is 7.35. The van der Waals surface area contributed by atoms with E-state index in [1.54, 1.807) is 6.20 Å². The minimum atomic E-state index is -0.237. The van der Waals surface area contributed by atoms with Gasteiger partial charge in [0.15, 0.2) is 5.76 Å². The Morgan fingerprint density at radius 1 is 1.19 bits per heavy atom. The van der Waals surface area contributed by atoms with Crippen molar-refractivity contribution in [1.82, 2.24) is 0 Å². The molecule has 0 unspecified atom stereocenters. The lowest BCUT2D eigenvalue weighted by atomic mass is 10.1. The van der Waals surface area contributed by atoms with Crippen molar-refractivity contribution in [1.29, 1.82) is 0 Å². The molecule has 1 aliphatic heterocycles. The Morgan fingerprint density at radius 3 is 2.67 bits per heavy atom. The van der Waals surface area contributed by atoms with Crippen molar-refractivity contribution in [3.05, 3.63) is 52.3 Å². The lowest BCUT2D eigenvalue weighted by molar-refractivity contribution is -0.133. The third-order valence-corrected chi connectivity index (χ3v) is 4.22. The topological polar surface area (TPSA) is 38.3 Å². The Hall–Kier alpha value is -1.55. The molecule has 0 fully saturated rings. The molecule has 1 aromatic rings. The summed E-state index contributed by atoms with van der Waals surface area (Å²) >= 11 is 3.48. The number of halogens is 1. The van der Waals surface area contributed by atoms with Gasteiger partial charge in [-0.25, -0.2) is 4.79 Å². The van der Waals surface area contributed by atoms with Crippen LogP contribution < -0.4 is 5.32 Å². The number of ether oxygens (including phenoxy) is 1. The molecule has 2 rings (SSSR count). The van der Waals surface area contributed by atoms with Crippen LogP contribution in [-0.4, -0.2) is 5.97 Å². The van der Waals surface area contributed by atoms with E-state index < -0.39 is 0 Å². The van der Waals surface area contributed by atoms with Crippen LogP contribution in [0.25, 0.3) is 0 Å². The van der Waals surface area contributed by atoms with Crippen molar-refractivity contribution in [3.63, 3.8) is 0 Å². The summed E-state index contributed by atoms with van der Waals surface area (Å²) in [6, 6.07) is 9.77. The number of esters is 1. The summed E-state index contributed by atoms with van der Waals surface area (Å²) in [5.41, 5.74) is 1.70. The molecule has 0 aliphatic carbocycles. The second kappa shape index (κ2) is 8.03. The van der Waals surface area contributed by atoms with E-state index in [4.69, 9.17) is 4.74 Å². The normalized spacial score (nSPS) is 16.5. The first-order valence-corrected chi connectivity index (χ1v) is 8.14. The summed E-state index contributed by atoms with van der Waals surface area (Å²) in [4.78, 5) is 11.9. The van der Waals surface area contributed by atoms with Gasteiger partial charge >= 0.3 is 5.97 Å². The lowest BCUT2D eigenvalue weighted by Crippen LogP contribution is -1.99. The molecule has 1 aromatic carbocycles. The Bertz CT molecular complexity index is 549. The number of anilines is 1. The van der Waals surface area contributed by atoms with E-state index in [1.165, 1.54) is 12.8 Å². The number of hydrogen-bond donors (Lipinski definition) is 1. The number of allylic oxidation sites excluding steroid dienone is 1. The maximum Gasteiger partial charge on any atom is 0.340 e. The smallest absolute Gasteiger partial charge is 0.340 e. The first-order chi connectivity index (χ1) is 10.2. The number of carbonyl (C=O) groups excluding carboxylic acids is 1. The second-order valence-corrected chi connectivity index (χ2v) is 5.80. The van der Waals surface area contributed by atoms with Crippen LogP contribution in [0.2, 0.25) is 0 Å². The molecule has 0 atom stereocenters. The average molecular weight is 350 g/mol. The highest BCUT2D eigenvalue weighted by atomic mass is 79.9. The van der Waals surface area contributed by atoms with Gasteiger partial charge in [0.1, 0.15) is 0 Å². The highest BCUT2D eigenvalue weighted by Crippen LogP contribution is 2.33. The molecule has 4 heteroatoms. The fraction of sp³-hybridized carbons (Fsp3) is 0.353. The van der Waals surface area contributed by atoms with Gasteiger partial charge in [0.05, 0.1) is 10.1 Å². The van der Waals surface area contributed by atoms with Gasteiger partial charge in [-0.1, -0.05) is 44.4 Å². The molecular weight excluding hydrogens is 330 g/mol. The first kappa shape index (κ1) is 15.8. The van der Waals surface area contributed by atoms with Crippen LogP contribution in [0.4, 0.5) is 5.69 Å². The molecule has 3 nitrogen and oxygen atoms in total. The number of benzene rings is 1. The molecule has 0 saturated heterocycles. The largest absolute Gasteiger partial charge is 0.420 e. The van der Waals surface area contributed by atoms with Crippen LogP contribution in [0.15, 0.2) is 52.3 Å². The Labute approximate surface area is 134 Å². The van der Waals surface area contributed by atoms with E-state index in [2.05, 4.69) is 28.2 Å². The monoisotopic (exact) mass is 349 g/mol. The predicted octanol–water partition coefficient (Wildman–Crippen LogP) is 5.12. The number of carbonyl (C=O) groups is 1. The van der Waals surface area contributed by atoms with Gasteiger partial charge in [0.2, 0.25) is 0 Å². The van der Waals surface area contributed by atoms with E-state index in [-0.39, 0.29) is 5.97 Å². The minimum Gasteiger partial charge on any atom is -0.420 e. The molecule has 0 aromatic heterocycles. The van der Waals surface area contributed by atoms with Crippen LogP contribution in [0.5, 0.6) is 0 Å². The summed E-state index contributed by atoms with van der Waals surface area (Å²) in [6.45, 7) is 2.18. The minimum absolute atomic E-state index is 0.237. The molecule has 1 N–H and O–H groups in total. The molecule has 1 aliphatic rings. The molecule has 0 spiro atoms. The van der Waals surface area contributed by atoms with Gasteiger partial charge in [-0.05, 0) is 40.9 Å². The SMILES string of the molecule is CCCCCCC1=C(Br)/C(=C\Nc2ccccc2)OC1=O. The number of hydrogen-bond acceptors (Lipinski definition) is 3. The van der Waals surface area contributed by atoms with Gasteiger partial charge in [-0.2, -0.15) is 0 Å². The van der Waals surface area contributed by atoms with Crippen LogP contribution >= 0.6 is 15.9 Å². The van der Waals surface area contributed by atoms with Crippen LogP contribution in [0.1, 0.15) is 39.0 Å². The number of rotatable bonds is 7. The summed E-state index contributed by atoms with van der Waals surface area (Å²) in [5.74, 6) is 0.314. The quantitative estimate of drug-likeness (QED) is 0.548. The average Bonchev–Trinajstić information content (AvgIpc) is 2.77. The van der Waals surface area contributed by atoms with Gasteiger partial charge < -0.3 is 10.1 Å². The van der Waals surface area contributed by atoms with Crippen LogP contribution in [-0.2, 0) is 9.53 Å². The molecule has 1 heterocycles. The van der Waals surface area contributed by atoms with Crippen molar-refractivity contribution in [2.75, 3.05) is 5.32 Å². The zero-order valence-electron chi connectivity index (χ0n) is 12.2. The van der Waals surface area contributed by atoms with E-state index in [0.717, 1.165) is 35.0 Å². The summed E-state index contributed by atoms with van der Waals surface area (Å²) in [7, 11) is 0. The van der Waals surface area contributed by atoms with Gasteiger partial charge in [-0.15, -0.1) is 0 Å². The van der Waals surface area contributed by atoms with Crippen molar-refractivity contribution in [3.8, 4) is 0 Å². The number of para-hydroxylation sites is 1. The molecule has 0 radical (unpaired) electrons. The number of cyclic esters (lactones) is 1. The third-order valence-electron chi connectivity index (χ3n) is 3.35. The predicted molar refractivity (Wildman–Crippen MR) is 89.0 cm³/mol. The summed E-state index contributed by atoms with van der Waals surface area (Å²) in [5, 5.41) is 3.13. The van der Waals surface area contributed by atoms with E-state index in [1.807, 2.05) is 30.3 Å².